The molecule has 0 aromatic carbocycles. The zero-order valence-corrected chi connectivity index (χ0v) is 10.5. The lowest BCUT2D eigenvalue weighted by atomic mass is 9.93. The van der Waals surface area contributed by atoms with Gasteiger partial charge in [-0.3, -0.25) is 0 Å². The van der Waals surface area contributed by atoms with Crippen LogP contribution in [0.2, 0.25) is 0 Å². The van der Waals surface area contributed by atoms with E-state index in [0.717, 1.165) is 25.4 Å². The molecule has 0 radical (unpaired) electrons. The summed E-state index contributed by atoms with van der Waals surface area (Å²) in [5.74, 6) is 0. The zero-order valence-electron chi connectivity index (χ0n) is 9.68. The number of rotatable bonds is 5. The normalized spacial score (nSPS) is 16.7. The smallest absolute Gasteiger partial charge is 0.107 e. The van der Waals surface area contributed by atoms with Crippen LogP contribution in [-0.2, 0) is 19.4 Å². The predicted octanol–water partition coefficient (Wildman–Crippen LogP) is 2.91. The topological polar surface area (TPSA) is 24.9 Å². The molecule has 1 saturated carbocycles. The molecular formula is C12H20N2S. The van der Waals surface area contributed by atoms with Crippen molar-refractivity contribution in [1.82, 2.24) is 10.3 Å². The van der Waals surface area contributed by atoms with Crippen molar-refractivity contribution in [1.29, 1.82) is 0 Å². The van der Waals surface area contributed by atoms with Gasteiger partial charge in [0.2, 0.25) is 0 Å². The van der Waals surface area contributed by atoms with Crippen molar-refractivity contribution in [2.24, 2.45) is 0 Å². The molecule has 2 nitrogen and oxygen atoms in total. The molecule has 1 aromatic rings. The third-order valence-corrected chi connectivity index (χ3v) is 4.37. The lowest BCUT2D eigenvalue weighted by molar-refractivity contribution is 0.338. The first-order chi connectivity index (χ1) is 7.33. The number of hydrogen-bond donors (Lipinski definition) is 1. The van der Waals surface area contributed by atoms with Gasteiger partial charge in [-0.1, -0.05) is 20.3 Å². The van der Waals surface area contributed by atoms with Gasteiger partial charge in [0.1, 0.15) is 5.01 Å². The van der Waals surface area contributed by atoms with Gasteiger partial charge in [0.25, 0.3) is 0 Å². The summed E-state index contributed by atoms with van der Waals surface area (Å²) in [6.07, 6.45) is 6.31. The number of nitrogens with zero attached hydrogens (tertiary/aromatic N) is 1. The fourth-order valence-electron chi connectivity index (χ4n) is 1.91. The highest BCUT2D eigenvalue weighted by Crippen LogP contribution is 2.22. The van der Waals surface area contributed by atoms with E-state index in [1.165, 1.54) is 34.8 Å². The van der Waals surface area contributed by atoms with Gasteiger partial charge in [0.15, 0.2) is 0 Å². The van der Waals surface area contributed by atoms with Crippen LogP contribution in [0.3, 0.4) is 0 Å². The van der Waals surface area contributed by atoms with Crippen LogP contribution in [0.25, 0.3) is 0 Å². The maximum absolute atomic E-state index is 4.69. The SMILES string of the molecule is CCc1nc(CNC2CCC2)sc1CC. The molecule has 1 aromatic heterocycles. The van der Waals surface area contributed by atoms with Crippen molar-refractivity contribution in [3.63, 3.8) is 0 Å². The van der Waals surface area contributed by atoms with Gasteiger partial charge >= 0.3 is 0 Å². The molecular weight excluding hydrogens is 204 g/mol. The molecule has 1 heterocycles. The molecule has 2 rings (SSSR count). The monoisotopic (exact) mass is 224 g/mol. The second kappa shape index (κ2) is 5.08. The minimum atomic E-state index is 0.768. The molecule has 0 unspecified atom stereocenters. The Kier molecular flexibility index (Phi) is 3.76. The Hall–Kier alpha value is -0.410. The van der Waals surface area contributed by atoms with Gasteiger partial charge in [-0.05, 0) is 25.7 Å². The Bertz CT molecular complexity index is 294. The van der Waals surface area contributed by atoms with Gasteiger partial charge in [-0.2, -0.15) is 0 Å². The highest BCUT2D eigenvalue weighted by molar-refractivity contribution is 7.11. The summed E-state index contributed by atoms with van der Waals surface area (Å²) in [5.41, 5.74) is 1.31. The molecule has 0 saturated heterocycles. The molecule has 15 heavy (non-hydrogen) atoms. The highest BCUT2D eigenvalue weighted by Gasteiger charge is 2.17. The second-order valence-corrected chi connectivity index (χ2v) is 5.36. The van der Waals surface area contributed by atoms with Gasteiger partial charge < -0.3 is 5.32 Å². The molecule has 0 bridgehead atoms. The zero-order chi connectivity index (χ0) is 10.7. The second-order valence-electron chi connectivity index (χ2n) is 4.19. The van der Waals surface area contributed by atoms with E-state index in [4.69, 9.17) is 0 Å². The number of nitrogens with one attached hydrogen (secondary N) is 1. The molecule has 1 aliphatic rings. The molecule has 0 spiro atoms. The first kappa shape index (κ1) is 11.1. The van der Waals surface area contributed by atoms with E-state index in [1.807, 2.05) is 11.3 Å². The third-order valence-electron chi connectivity index (χ3n) is 3.13. The fourth-order valence-corrected chi connectivity index (χ4v) is 2.96. The first-order valence-corrected chi connectivity index (χ1v) is 6.86. The lowest BCUT2D eigenvalue weighted by Gasteiger charge is -2.25. The largest absolute Gasteiger partial charge is 0.308 e. The molecule has 1 fully saturated rings. The Balaban J connectivity index is 1.92. The maximum atomic E-state index is 4.69. The van der Waals surface area contributed by atoms with E-state index in [2.05, 4.69) is 24.1 Å². The molecule has 0 atom stereocenters. The van der Waals surface area contributed by atoms with Crippen LogP contribution in [0.1, 0.15) is 48.7 Å². The summed E-state index contributed by atoms with van der Waals surface area (Å²) in [6.45, 7) is 5.38. The molecule has 0 aliphatic heterocycles. The van der Waals surface area contributed by atoms with E-state index in [1.54, 1.807) is 0 Å². The maximum Gasteiger partial charge on any atom is 0.107 e. The van der Waals surface area contributed by atoms with Crippen LogP contribution in [0.15, 0.2) is 0 Å². The van der Waals surface area contributed by atoms with Crippen molar-refractivity contribution in [2.45, 2.75) is 58.5 Å². The summed E-state index contributed by atoms with van der Waals surface area (Å²) in [4.78, 5) is 6.16. The van der Waals surface area contributed by atoms with Crippen LogP contribution in [0.4, 0.5) is 0 Å². The number of thiazole rings is 1. The van der Waals surface area contributed by atoms with Gasteiger partial charge in [-0.25, -0.2) is 4.98 Å². The van der Waals surface area contributed by atoms with Crippen LogP contribution < -0.4 is 5.32 Å². The van der Waals surface area contributed by atoms with Crippen molar-refractivity contribution in [3.8, 4) is 0 Å². The van der Waals surface area contributed by atoms with E-state index in [9.17, 15) is 0 Å². The van der Waals surface area contributed by atoms with E-state index in [-0.39, 0.29) is 0 Å². The predicted molar refractivity (Wildman–Crippen MR) is 65.3 cm³/mol. The van der Waals surface area contributed by atoms with Gasteiger partial charge in [-0.15, -0.1) is 11.3 Å². The fraction of sp³-hybridized carbons (Fsp3) is 0.750. The van der Waals surface area contributed by atoms with Gasteiger partial charge in [0.05, 0.1) is 5.69 Å². The molecule has 3 heteroatoms. The van der Waals surface area contributed by atoms with E-state index < -0.39 is 0 Å². The minimum Gasteiger partial charge on any atom is -0.308 e. The molecule has 1 aliphatic carbocycles. The standard InChI is InChI=1S/C12H20N2S/c1-3-10-11(4-2)15-12(14-10)8-13-9-6-5-7-9/h9,13H,3-8H2,1-2H3. The Morgan fingerprint density at radius 2 is 2.13 bits per heavy atom. The summed E-state index contributed by atoms with van der Waals surface area (Å²) in [7, 11) is 0. The summed E-state index contributed by atoms with van der Waals surface area (Å²) in [5, 5.41) is 4.85. The Labute approximate surface area is 96.1 Å². The third kappa shape index (κ3) is 2.58. The summed E-state index contributed by atoms with van der Waals surface area (Å²) < 4.78 is 0. The molecule has 1 N–H and O–H groups in total. The Morgan fingerprint density at radius 1 is 1.33 bits per heavy atom. The summed E-state index contributed by atoms with van der Waals surface area (Å²) >= 11 is 1.89. The van der Waals surface area contributed by atoms with Crippen LogP contribution >= 0.6 is 11.3 Å². The number of hydrogen-bond acceptors (Lipinski definition) is 3. The summed E-state index contributed by atoms with van der Waals surface area (Å²) in [6, 6.07) is 0.768. The van der Waals surface area contributed by atoms with Crippen molar-refractivity contribution >= 4 is 11.3 Å². The van der Waals surface area contributed by atoms with E-state index in [0.29, 0.717) is 0 Å². The average Bonchev–Trinajstić information content (AvgIpc) is 2.58. The molecule has 84 valence electrons. The number of aromatic nitrogens is 1. The van der Waals surface area contributed by atoms with Crippen molar-refractivity contribution < 1.29 is 0 Å². The highest BCUT2D eigenvalue weighted by atomic mass is 32.1. The van der Waals surface area contributed by atoms with E-state index >= 15 is 0 Å². The Morgan fingerprint density at radius 3 is 2.60 bits per heavy atom. The number of aryl methyl sites for hydroxylation is 2. The van der Waals surface area contributed by atoms with Crippen LogP contribution in [-0.4, -0.2) is 11.0 Å². The van der Waals surface area contributed by atoms with Crippen molar-refractivity contribution in [3.05, 3.63) is 15.6 Å². The van der Waals surface area contributed by atoms with Crippen LogP contribution in [0, 0.1) is 0 Å². The minimum absolute atomic E-state index is 0.768. The van der Waals surface area contributed by atoms with Crippen molar-refractivity contribution in [2.75, 3.05) is 0 Å². The molecule has 0 amide bonds. The quantitative estimate of drug-likeness (QED) is 0.832. The van der Waals surface area contributed by atoms with Gasteiger partial charge in [0, 0.05) is 17.5 Å². The van der Waals surface area contributed by atoms with Crippen LogP contribution in [0.5, 0.6) is 0 Å². The first-order valence-electron chi connectivity index (χ1n) is 6.04. The lowest BCUT2D eigenvalue weighted by Crippen LogP contribution is -2.34. The average molecular weight is 224 g/mol.